The SMILES string of the molecule is CCCN1C[C@H](C)O[C@@H]2Cc3c(O)cccc3C[C@H]21. The fourth-order valence-electron chi connectivity index (χ4n) is 3.60. The van der Waals surface area contributed by atoms with Crippen LogP contribution >= 0.6 is 0 Å². The third kappa shape index (κ3) is 2.37. The highest BCUT2D eigenvalue weighted by atomic mass is 16.5. The Hall–Kier alpha value is -1.06. The van der Waals surface area contributed by atoms with Crippen LogP contribution in [-0.2, 0) is 17.6 Å². The minimum atomic E-state index is 0.232. The van der Waals surface area contributed by atoms with Crippen molar-refractivity contribution in [2.45, 2.75) is 51.4 Å². The quantitative estimate of drug-likeness (QED) is 0.887. The standard InChI is InChI=1S/C16H23NO2/c1-3-7-17-10-11(2)19-16-9-13-12(8-14(16)17)5-4-6-15(13)18/h4-6,11,14,16,18H,3,7-10H2,1-2H3/t11-,14+,16+/m0/s1. The monoisotopic (exact) mass is 261 g/mol. The topological polar surface area (TPSA) is 32.7 Å². The Kier molecular flexibility index (Phi) is 3.50. The number of phenolic OH excluding ortho intramolecular Hbond substituents is 1. The van der Waals surface area contributed by atoms with E-state index >= 15 is 0 Å². The van der Waals surface area contributed by atoms with Crippen molar-refractivity contribution < 1.29 is 9.84 Å². The lowest BCUT2D eigenvalue weighted by Crippen LogP contribution is -2.57. The Bertz CT molecular complexity index is 460. The first-order valence-corrected chi connectivity index (χ1v) is 7.38. The van der Waals surface area contributed by atoms with Gasteiger partial charge < -0.3 is 9.84 Å². The number of aromatic hydroxyl groups is 1. The van der Waals surface area contributed by atoms with Gasteiger partial charge in [-0.2, -0.15) is 0 Å². The Balaban J connectivity index is 1.89. The molecule has 0 radical (unpaired) electrons. The third-order valence-corrected chi connectivity index (χ3v) is 4.39. The number of hydrogen-bond acceptors (Lipinski definition) is 3. The second-order valence-electron chi connectivity index (χ2n) is 5.87. The zero-order chi connectivity index (χ0) is 13.4. The van der Waals surface area contributed by atoms with Crippen molar-refractivity contribution in [2.75, 3.05) is 13.1 Å². The van der Waals surface area contributed by atoms with Gasteiger partial charge in [-0.25, -0.2) is 0 Å². The molecule has 0 unspecified atom stereocenters. The van der Waals surface area contributed by atoms with E-state index in [9.17, 15) is 5.11 Å². The third-order valence-electron chi connectivity index (χ3n) is 4.39. The van der Waals surface area contributed by atoms with E-state index in [2.05, 4.69) is 24.8 Å². The molecular formula is C16H23NO2. The summed E-state index contributed by atoms with van der Waals surface area (Å²) in [6.45, 7) is 6.56. The van der Waals surface area contributed by atoms with E-state index in [1.807, 2.05) is 6.07 Å². The van der Waals surface area contributed by atoms with Gasteiger partial charge >= 0.3 is 0 Å². The Labute approximate surface area is 115 Å². The van der Waals surface area contributed by atoms with Crippen LogP contribution in [0, 0.1) is 0 Å². The fourth-order valence-corrected chi connectivity index (χ4v) is 3.60. The largest absolute Gasteiger partial charge is 0.508 e. The summed E-state index contributed by atoms with van der Waals surface area (Å²) in [4.78, 5) is 2.58. The van der Waals surface area contributed by atoms with Crippen molar-refractivity contribution in [3.05, 3.63) is 29.3 Å². The van der Waals surface area contributed by atoms with Gasteiger partial charge in [-0.15, -0.1) is 0 Å². The Morgan fingerprint density at radius 1 is 1.37 bits per heavy atom. The van der Waals surface area contributed by atoms with E-state index in [0.717, 1.165) is 31.5 Å². The molecule has 1 saturated heterocycles. The zero-order valence-corrected chi connectivity index (χ0v) is 11.8. The Morgan fingerprint density at radius 3 is 3.00 bits per heavy atom. The van der Waals surface area contributed by atoms with E-state index in [4.69, 9.17) is 4.74 Å². The molecule has 1 fully saturated rings. The smallest absolute Gasteiger partial charge is 0.119 e. The average Bonchev–Trinajstić information content (AvgIpc) is 2.38. The number of fused-ring (bicyclic) bond motifs is 2. The van der Waals surface area contributed by atoms with Crippen LogP contribution < -0.4 is 0 Å². The maximum Gasteiger partial charge on any atom is 0.119 e. The Morgan fingerprint density at radius 2 is 2.21 bits per heavy atom. The van der Waals surface area contributed by atoms with Crippen molar-refractivity contribution in [3.8, 4) is 5.75 Å². The van der Waals surface area contributed by atoms with E-state index in [1.165, 1.54) is 12.0 Å². The maximum atomic E-state index is 10.0. The summed E-state index contributed by atoms with van der Waals surface area (Å²) in [5, 5.41) is 10.0. The summed E-state index contributed by atoms with van der Waals surface area (Å²) in [5.41, 5.74) is 2.38. The predicted molar refractivity (Wildman–Crippen MR) is 75.5 cm³/mol. The highest BCUT2D eigenvalue weighted by Gasteiger charge is 2.38. The second-order valence-corrected chi connectivity index (χ2v) is 5.87. The summed E-state index contributed by atoms with van der Waals surface area (Å²) >= 11 is 0. The second kappa shape index (κ2) is 5.14. The van der Waals surface area contributed by atoms with Crippen LogP contribution in [0.1, 0.15) is 31.4 Å². The van der Waals surface area contributed by atoms with E-state index in [0.29, 0.717) is 17.9 Å². The highest BCUT2D eigenvalue weighted by molar-refractivity contribution is 5.42. The molecule has 19 heavy (non-hydrogen) atoms. The predicted octanol–water partition coefficient (Wildman–Crippen LogP) is 2.36. The molecule has 1 aliphatic carbocycles. The number of nitrogens with zero attached hydrogens (tertiary/aromatic N) is 1. The van der Waals surface area contributed by atoms with Crippen LogP contribution in [0.4, 0.5) is 0 Å². The molecule has 1 heterocycles. The van der Waals surface area contributed by atoms with Gasteiger partial charge in [0.05, 0.1) is 12.2 Å². The van der Waals surface area contributed by atoms with Gasteiger partial charge in [0.25, 0.3) is 0 Å². The fraction of sp³-hybridized carbons (Fsp3) is 0.625. The van der Waals surface area contributed by atoms with Crippen molar-refractivity contribution in [3.63, 3.8) is 0 Å². The van der Waals surface area contributed by atoms with Gasteiger partial charge in [0.1, 0.15) is 5.75 Å². The van der Waals surface area contributed by atoms with E-state index < -0.39 is 0 Å². The summed E-state index contributed by atoms with van der Waals surface area (Å²) in [6.07, 6.45) is 3.55. The van der Waals surface area contributed by atoms with Gasteiger partial charge in [-0.1, -0.05) is 19.1 Å². The molecule has 1 aliphatic heterocycles. The molecule has 3 atom stereocenters. The highest BCUT2D eigenvalue weighted by Crippen LogP contribution is 2.34. The molecule has 1 aromatic rings. The molecule has 3 heteroatoms. The lowest BCUT2D eigenvalue weighted by atomic mass is 9.83. The van der Waals surface area contributed by atoms with E-state index in [-0.39, 0.29) is 6.10 Å². The van der Waals surface area contributed by atoms with Crippen LogP contribution in [0.25, 0.3) is 0 Å². The molecule has 3 rings (SSSR count). The molecule has 1 aromatic carbocycles. The average molecular weight is 261 g/mol. The van der Waals surface area contributed by atoms with Crippen molar-refractivity contribution in [2.24, 2.45) is 0 Å². The summed E-state index contributed by atoms with van der Waals surface area (Å²) < 4.78 is 6.13. The van der Waals surface area contributed by atoms with Crippen LogP contribution in [0.3, 0.4) is 0 Å². The lowest BCUT2D eigenvalue weighted by Gasteiger charge is -2.46. The van der Waals surface area contributed by atoms with Crippen LogP contribution in [0.15, 0.2) is 18.2 Å². The molecular weight excluding hydrogens is 238 g/mol. The number of benzene rings is 1. The van der Waals surface area contributed by atoms with Gasteiger partial charge in [0.15, 0.2) is 0 Å². The molecule has 3 nitrogen and oxygen atoms in total. The number of morpholine rings is 1. The zero-order valence-electron chi connectivity index (χ0n) is 11.8. The summed E-state index contributed by atoms with van der Waals surface area (Å²) in [6, 6.07) is 6.36. The summed E-state index contributed by atoms with van der Waals surface area (Å²) in [5.74, 6) is 0.430. The van der Waals surface area contributed by atoms with Crippen molar-refractivity contribution in [1.29, 1.82) is 0 Å². The minimum Gasteiger partial charge on any atom is -0.508 e. The van der Waals surface area contributed by atoms with Crippen LogP contribution in [0.5, 0.6) is 5.75 Å². The van der Waals surface area contributed by atoms with Gasteiger partial charge in [0.2, 0.25) is 0 Å². The molecule has 2 aliphatic rings. The molecule has 0 spiro atoms. The van der Waals surface area contributed by atoms with Crippen LogP contribution in [0.2, 0.25) is 0 Å². The van der Waals surface area contributed by atoms with Crippen molar-refractivity contribution >= 4 is 0 Å². The van der Waals surface area contributed by atoms with Gasteiger partial charge in [-0.05, 0) is 43.5 Å². The summed E-state index contributed by atoms with van der Waals surface area (Å²) in [7, 11) is 0. The number of rotatable bonds is 2. The lowest BCUT2D eigenvalue weighted by molar-refractivity contribution is -0.115. The van der Waals surface area contributed by atoms with Crippen LogP contribution in [-0.4, -0.2) is 41.3 Å². The molecule has 0 aromatic heterocycles. The number of hydrogen-bond donors (Lipinski definition) is 1. The van der Waals surface area contributed by atoms with Crippen molar-refractivity contribution in [1.82, 2.24) is 4.90 Å². The molecule has 0 saturated carbocycles. The van der Waals surface area contributed by atoms with E-state index in [1.54, 1.807) is 6.07 Å². The molecule has 0 amide bonds. The maximum absolute atomic E-state index is 10.0. The first-order valence-electron chi connectivity index (χ1n) is 7.38. The van der Waals surface area contributed by atoms with Gasteiger partial charge in [0, 0.05) is 19.0 Å². The number of phenols is 1. The molecule has 104 valence electrons. The molecule has 1 N–H and O–H groups in total. The normalized spacial score (nSPS) is 30.7. The first kappa shape index (κ1) is 12.9. The van der Waals surface area contributed by atoms with Gasteiger partial charge in [-0.3, -0.25) is 4.90 Å². The minimum absolute atomic E-state index is 0.232. The first-order chi connectivity index (χ1) is 9.19. The number of ether oxygens (including phenoxy) is 1. The molecule has 0 bridgehead atoms.